The molecule has 1 atom stereocenters. The van der Waals surface area contributed by atoms with Gasteiger partial charge in [-0.3, -0.25) is 9.79 Å². The van der Waals surface area contributed by atoms with Crippen LogP contribution in [0.15, 0.2) is 64.9 Å². The summed E-state index contributed by atoms with van der Waals surface area (Å²) < 4.78 is 0. The number of carbonyl (C=O) groups is 1. The number of nitrogens with zero attached hydrogens (tertiary/aromatic N) is 1. The summed E-state index contributed by atoms with van der Waals surface area (Å²) in [5.41, 5.74) is 4.72. The summed E-state index contributed by atoms with van der Waals surface area (Å²) in [4.78, 5) is 16.9. The molecule has 0 fully saturated rings. The van der Waals surface area contributed by atoms with Gasteiger partial charge in [-0.1, -0.05) is 62.7 Å². The first-order valence-corrected chi connectivity index (χ1v) is 9.40. The Hall–Kier alpha value is -2.68. The SMILES string of the molecule is Cc1ccc(N=CC2=C(O)C[C@H](c3ccc(C(C)(C)C)cc3)CC2=O)cc1. The van der Waals surface area contributed by atoms with Crippen LogP contribution in [0.2, 0.25) is 0 Å². The lowest BCUT2D eigenvalue weighted by Gasteiger charge is -2.24. The van der Waals surface area contributed by atoms with Crippen LogP contribution >= 0.6 is 0 Å². The molecule has 2 aromatic carbocycles. The Balaban J connectivity index is 1.77. The van der Waals surface area contributed by atoms with Crippen LogP contribution < -0.4 is 0 Å². The van der Waals surface area contributed by atoms with Gasteiger partial charge >= 0.3 is 0 Å². The van der Waals surface area contributed by atoms with E-state index in [0.717, 1.165) is 16.8 Å². The van der Waals surface area contributed by atoms with Gasteiger partial charge in [-0.2, -0.15) is 0 Å². The third kappa shape index (κ3) is 4.54. The zero-order chi connectivity index (χ0) is 19.6. The van der Waals surface area contributed by atoms with Gasteiger partial charge in [0, 0.05) is 19.1 Å². The molecular formula is C24H27NO2. The Labute approximate surface area is 161 Å². The predicted octanol–water partition coefficient (Wildman–Crippen LogP) is 5.95. The van der Waals surface area contributed by atoms with Crippen molar-refractivity contribution in [3.63, 3.8) is 0 Å². The number of ketones is 1. The summed E-state index contributed by atoms with van der Waals surface area (Å²) in [6.07, 6.45) is 2.37. The molecule has 0 heterocycles. The molecule has 0 amide bonds. The molecule has 140 valence electrons. The molecule has 27 heavy (non-hydrogen) atoms. The van der Waals surface area contributed by atoms with Crippen LogP contribution in [0.5, 0.6) is 0 Å². The summed E-state index contributed by atoms with van der Waals surface area (Å²) in [5, 5.41) is 10.4. The van der Waals surface area contributed by atoms with E-state index in [2.05, 4.69) is 50.0 Å². The van der Waals surface area contributed by atoms with Crippen molar-refractivity contribution in [3.8, 4) is 0 Å². The molecule has 3 rings (SSSR count). The fourth-order valence-corrected chi connectivity index (χ4v) is 3.32. The first-order valence-electron chi connectivity index (χ1n) is 9.40. The van der Waals surface area contributed by atoms with Gasteiger partial charge in [-0.05, 0) is 41.5 Å². The Morgan fingerprint density at radius 1 is 1.00 bits per heavy atom. The lowest BCUT2D eigenvalue weighted by atomic mass is 9.81. The molecule has 1 N–H and O–H groups in total. The minimum absolute atomic E-state index is 0.0167. The number of aliphatic hydroxyl groups excluding tert-OH is 1. The van der Waals surface area contributed by atoms with Crippen LogP contribution in [0, 0.1) is 6.92 Å². The van der Waals surface area contributed by atoms with Gasteiger partial charge in [0.2, 0.25) is 0 Å². The van der Waals surface area contributed by atoms with Crippen molar-refractivity contribution in [2.24, 2.45) is 4.99 Å². The average molecular weight is 361 g/mol. The molecular weight excluding hydrogens is 334 g/mol. The van der Waals surface area contributed by atoms with Gasteiger partial charge < -0.3 is 5.11 Å². The molecule has 0 bridgehead atoms. The highest BCUT2D eigenvalue weighted by atomic mass is 16.3. The molecule has 0 radical (unpaired) electrons. The highest BCUT2D eigenvalue weighted by molar-refractivity contribution is 6.15. The summed E-state index contributed by atoms with van der Waals surface area (Å²) in [6, 6.07) is 16.1. The predicted molar refractivity (Wildman–Crippen MR) is 111 cm³/mol. The van der Waals surface area contributed by atoms with Crippen LogP contribution in [-0.4, -0.2) is 17.1 Å². The number of aryl methyl sites for hydroxylation is 1. The van der Waals surface area contributed by atoms with Crippen molar-refractivity contribution >= 4 is 17.7 Å². The second kappa shape index (κ2) is 7.51. The number of rotatable bonds is 3. The maximum absolute atomic E-state index is 12.6. The number of carbonyl (C=O) groups excluding carboxylic acids is 1. The molecule has 1 aliphatic rings. The Morgan fingerprint density at radius 2 is 1.63 bits per heavy atom. The average Bonchev–Trinajstić information content (AvgIpc) is 2.62. The number of aliphatic imine (C=N–C) groups is 1. The fourth-order valence-electron chi connectivity index (χ4n) is 3.32. The van der Waals surface area contributed by atoms with Crippen molar-refractivity contribution in [1.29, 1.82) is 0 Å². The molecule has 3 heteroatoms. The number of aliphatic hydroxyl groups is 1. The van der Waals surface area contributed by atoms with Crippen LogP contribution in [0.1, 0.15) is 56.2 Å². The lowest BCUT2D eigenvalue weighted by Crippen LogP contribution is -2.19. The highest BCUT2D eigenvalue weighted by Gasteiger charge is 2.28. The first-order chi connectivity index (χ1) is 12.7. The second-order valence-corrected chi connectivity index (χ2v) is 8.35. The molecule has 0 aliphatic heterocycles. The van der Waals surface area contributed by atoms with E-state index in [1.807, 2.05) is 31.2 Å². The van der Waals surface area contributed by atoms with Gasteiger partial charge in [-0.25, -0.2) is 0 Å². The first kappa shape index (κ1) is 19.1. The monoisotopic (exact) mass is 361 g/mol. The number of hydrogen-bond donors (Lipinski definition) is 1. The van der Waals surface area contributed by atoms with E-state index in [1.54, 1.807) is 0 Å². The van der Waals surface area contributed by atoms with E-state index in [4.69, 9.17) is 0 Å². The van der Waals surface area contributed by atoms with E-state index < -0.39 is 0 Å². The van der Waals surface area contributed by atoms with Crippen LogP contribution in [0.3, 0.4) is 0 Å². The van der Waals surface area contributed by atoms with Crippen molar-refractivity contribution < 1.29 is 9.90 Å². The quantitative estimate of drug-likeness (QED) is 0.686. The van der Waals surface area contributed by atoms with Gasteiger partial charge in [0.25, 0.3) is 0 Å². The maximum atomic E-state index is 12.6. The maximum Gasteiger partial charge on any atom is 0.168 e. The molecule has 3 nitrogen and oxygen atoms in total. The van der Waals surface area contributed by atoms with Crippen LogP contribution in [0.25, 0.3) is 0 Å². The minimum Gasteiger partial charge on any atom is -0.511 e. The number of allylic oxidation sites excluding steroid dienone is 2. The molecule has 0 saturated heterocycles. The van der Waals surface area contributed by atoms with Gasteiger partial charge in [0.05, 0.1) is 11.3 Å². The molecule has 0 aromatic heterocycles. The van der Waals surface area contributed by atoms with Crippen molar-refractivity contribution in [2.45, 2.75) is 51.9 Å². The van der Waals surface area contributed by atoms with Crippen molar-refractivity contribution in [2.75, 3.05) is 0 Å². The number of benzene rings is 2. The molecule has 0 spiro atoms. The Bertz CT molecular complexity index is 881. The Morgan fingerprint density at radius 3 is 2.19 bits per heavy atom. The third-order valence-electron chi connectivity index (χ3n) is 5.11. The second-order valence-electron chi connectivity index (χ2n) is 8.35. The smallest absolute Gasteiger partial charge is 0.168 e. The lowest BCUT2D eigenvalue weighted by molar-refractivity contribution is -0.116. The highest BCUT2D eigenvalue weighted by Crippen LogP contribution is 2.34. The zero-order valence-electron chi connectivity index (χ0n) is 16.5. The minimum atomic E-state index is -0.0560. The van der Waals surface area contributed by atoms with Crippen molar-refractivity contribution in [3.05, 3.63) is 76.6 Å². The normalized spacial score (nSPS) is 18.4. The molecule has 1 aliphatic carbocycles. The molecule has 2 aromatic rings. The molecule has 0 unspecified atom stereocenters. The standard InChI is InChI=1S/C24H27NO2/c1-16-5-11-20(12-6-16)25-15-21-22(26)13-18(14-23(21)27)17-7-9-19(10-8-17)24(2,3)4/h5-12,15,18,26H,13-14H2,1-4H3/t18-/m0/s1. The van der Waals surface area contributed by atoms with Gasteiger partial charge in [0.1, 0.15) is 5.76 Å². The van der Waals surface area contributed by atoms with Crippen molar-refractivity contribution in [1.82, 2.24) is 0 Å². The van der Waals surface area contributed by atoms with Gasteiger partial charge in [-0.15, -0.1) is 0 Å². The largest absolute Gasteiger partial charge is 0.511 e. The Kier molecular flexibility index (Phi) is 5.31. The summed E-state index contributed by atoms with van der Waals surface area (Å²) in [7, 11) is 0. The molecule has 0 saturated carbocycles. The number of Topliss-reactive ketones (excluding diaryl/α,β-unsaturated/α-hetero) is 1. The van der Waals surface area contributed by atoms with E-state index in [0.29, 0.717) is 18.4 Å². The van der Waals surface area contributed by atoms with Crippen LogP contribution in [0.4, 0.5) is 5.69 Å². The summed E-state index contributed by atoms with van der Waals surface area (Å²) in [5.74, 6) is 0.0922. The van der Waals surface area contributed by atoms with E-state index in [1.165, 1.54) is 11.8 Å². The van der Waals surface area contributed by atoms with Gasteiger partial charge in [0.15, 0.2) is 5.78 Å². The van der Waals surface area contributed by atoms with E-state index in [-0.39, 0.29) is 22.9 Å². The zero-order valence-corrected chi connectivity index (χ0v) is 16.5. The van der Waals surface area contributed by atoms with E-state index >= 15 is 0 Å². The summed E-state index contributed by atoms with van der Waals surface area (Å²) >= 11 is 0. The topological polar surface area (TPSA) is 49.7 Å². The fraction of sp³-hybridized carbons (Fsp3) is 0.333. The van der Waals surface area contributed by atoms with E-state index in [9.17, 15) is 9.90 Å². The third-order valence-corrected chi connectivity index (χ3v) is 5.11. The summed E-state index contributed by atoms with van der Waals surface area (Å²) in [6.45, 7) is 8.56. The number of hydrogen-bond acceptors (Lipinski definition) is 3. The van der Waals surface area contributed by atoms with Crippen LogP contribution in [-0.2, 0) is 10.2 Å².